The van der Waals surface area contributed by atoms with Gasteiger partial charge in [0.15, 0.2) is 0 Å². The minimum atomic E-state index is -0.249. The lowest BCUT2D eigenvalue weighted by Crippen LogP contribution is -2.49. The summed E-state index contributed by atoms with van der Waals surface area (Å²) >= 11 is 0. The van der Waals surface area contributed by atoms with Crippen LogP contribution in [0.2, 0.25) is 0 Å². The van der Waals surface area contributed by atoms with E-state index in [1.807, 2.05) is 28.9 Å². The molecule has 4 rings (SSSR count). The van der Waals surface area contributed by atoms with Crippen LogP contribution in [0.25, 0.3) is 0 Å². The van der Waals surface area contributed by atoms with Crippen molar-refractivity contribution in [1.29, 1.82) is 0 Å². The molecule has 2 fully saturated rings. The first kappa shape index (κ1) is 24.1. The number of likely N-dealkylation sites (tertiary alicyclic amines) is 1. The number of carbonyl (C=O) groups excluding carboxylic acids is 2. The molecule has 0 aliphatic carbocycles. The van der Waals surface area contributed by atoms with Crippen molar-refractivity contribution < 1.29 is 14.3 Å². The highest BCUT2D eigenvalue weighted by Crippen LogP contribution is 2.33. The number of methoxy groups -OCH3 is 1. The first-order chi connectivity index (χ1) is 16.2. The van der Waals surface area contributed by atoms with E-state index in [0.29, 0.717) is 37.7 Å². The van der Waals surface area contributed by atoms with Gasteiger partial charge in [0.25, 0.3) is 5.91 Å². The summed E-state index contributed by atoms with van der Waals surface area (Å²) in [7, 11) is 3.76. The van der Waals surface area contributed by atoms with Crippen LogP contribution in [0.15, 0.2) is 30.3 Å². The van der Waals surface area contributed by atoms with Crippen LogP contribution in [0.4, 0.5) is 0 Å². The molecule has 0 saturated carbocycles. The maximum atomic E-state index is 13.6. The molecule has 8 nitrogen and oxygen atoms in total. The maximum absolute atomic E-state index is 13.6. The zero-order chi connectivity index (χ0) is 24.5. The Labute approximate surface area is 201 Å². The summed E-state index contributed by atoms with van der Waals surface area (Å²) in [6, 6.07) is 9.95. The fourth-order valence-corrected chi connectivity index (χ4v) is 4.89. The molecule has 2 aromatic rings. The minimum absolute atomic E-state index is 0.0527. The first-order valence-corrected chi connectivity index (χ1v) is 12.0. The number of benzene rings is 1. The van der Waals surface area contributed by atoms with Crippen LogP contribution in [-0.2, 0) is 10.2 Å². The Balaban J connectivity index is 1.53. The summed E-state index contributed by atoms with van der Waals surface area (Å²) in [6.45, 7) is 9.10. The zero-order valence-electron chi connectivity index (χ0n) is 20.9. The number of rotatable bonds is 4. The molecule has 0 spiro atoms. The van der Waals surface area contributed by atoms with Crippen molar-refractivity contribution in [3.05, 3.63) is 53.1 Å². The second-order valence-electron chi connectivity index (χ2n) is 9.81. The van der Waals surface area contributed by atoms with E-state index in [1.165, 1.54) is 0 Å². The number of hydrogen-bond donors (Lipinski definition) is 0. The number of carbonyl (C=O) groups is 2. The average Bonchev–Trinajstić information content (AvgIpc) is 2.84. The topological polar surface area (TPSA) is 78.9 Å². The maximum Gasteiger partial charge on any atom is 0.272 e. The molecule has 0 radical (unpaired) electrons. The van der Waals surface area contributed by atoms with Crippen LogP contribution in [0.5, 0.6) is 5.75 Å². The molecule has 3 heterocycles. The van der Waals surface area contributed by atoms with Crippen molar-refractivity contribution in [1.82, 2.24) is 24.7 Å². The van der Waals surface area contributed by atoms with Gasteiger partial charge in [-0.05, 0) is 50.6 Å². The average molecular weight is 466 g/mol. The molecule has 8 heteroatoms. The van der Waals surface area contributed by atoms with Gasteiger partial charge < -0.3 is 14.5 Å². The quantitative estimate of drug-likeness (QED) is 0.691. The molecular weight excluding hydrogens is 430 g/mol. The van der Waals surface area contributed by atoms with Crippen LogP contribution < -0.4 is 4.74 Å². The number of nitrogens with zero attached hydrogens (tertiary/aromatic N) is 5. The Kier molecular flexibility index (Phi) is 6.89. The molecular formula is C26H35N5O3. The van der Waals surface area contributed by atoms with Gasteiger partial charge in [-0.15, -0.1) is 0 Å². The summed E-state index contributed by atoms with van der Waals surface area (Å²) in [6.07, 6.45) is 1.58. The summed E-state index contributed by atoms with van der Waals surface area (Å²) in [5.41, 5.74) is 2.16. The standard InChI is InChI=1S/C26H35N5O3/c1-18-16-22(28-25(27-18)26(3)10-12-30(13-11-26)19(2)32)24(33)31-15-14-29(4)23(17-31)20-6-8-21(34-5)9-7-20/h6-9,16,23H,10-15,17H2,1-5H3/t23-/m0/s1. The van der Waals surface area contributed by atoms with Gasteiger partial charge in [-0.2, -0.15) is 0 Å². The van der Waals surface area contributed by atoms with E-state index < -0.39 is 0 Å². The van der Waals surface area contributed by atoms with E-state index in [2.05, 4.69) is 31.0 Å². The number of aromatic nitrogens is 2. The van der Waals surface area contributed by atoms with Crippen LogP contribution in [0.3, 0.4) is 0 Å². The Morgan fingerprint density at radius 1 is 1.03 bits per heavy atom. The van der Waals surface area contributed by atoms with Gasteiger partial charge in [0.2, 0.25) is 5.91 Å². The van der Waals surface area contributed by atoms with Gasteiger partial charge >= 0.3 is 0 Å². The molecule has 1 atom stereocenters. The predicted molar refractivity (Wildman–Crippen MR) is 130 cm³/mol. The van der Waals surface area contributed by atoms with Gasteiger partial charge in [0.05, 0.1) is 13.2 Å². The molecule has 1 aromatic carbocycles. The van der Waals surface area contributed by atoms with E-state index in [9.17, 15) is 9.59 Å². The third-order valence-corrected chi connectivity index (χ3v) is 7.36. The lowest BCUT2D eigenvalue weighted by atomic mass is 9.79. The molecule has 2 amide bonds. The highest BCUT2D eigenvalue weighted by molar-refractivity contribution is 5.92. The van der Waals surface area contributed by atoms with Crippen LogP contribution >= 0.6 is 0 Å². The van der Waals surface area contributed by atoms with Gasteiger partial charge in [-0.1, -0.05) is 19.1 Å². The van der Waals surface area contributed by atoms with E-state index in [1.54, 1.807) is 20.1 Å². The van der Waals surface area contributed by atoms with Crippen molar-refractivity contribution in [2.24, 2.45) is 0 Å². The lowest BCUT2D eigenvalue weighted by molar-refractivity contribution is -0.130. The predicted octanol–water partition coefficient (Wildman–Crippen LogP) is 2.82. The fourth-order valence-electron chi connectivity index (χ4n) is 4.89. The molecule has 2 saturated heterocycles. The SMILES string of the molecule is COc1ccc([C@@H]2CN(C(=O)c3cc(C)nc(C4(C)CCN(C(C)=O)CC4)n3)CCN2C)cc1. The highest BCUT2D eigenvalue weighted by Gasteiger charge is 2.36. The van der Waals surface area contributed by atoms with Crippen molar-refractivity contribution in [2.45, 2.75) is 45.1 Å². The number of piperidine rings is 1. The molecule has 34 heavy (non-hydrogen) atoms. The number of amides is 2. The molecule has 1 aromatic heterocycles. The van der Waals surface area contributed by atoms with E-state index in [4.69, 9.17) is 14.7 Å². The summed E-state index contributed by atoms with van der Waals surface area (Å²) in [5, 5.41) is 0. The van der Waals surface area contributed by atoms with Gasteiger partial charge in [0, 0.05) is 50.8 Å². The largest absolute Gasteiger partial charge is 0.497 e. The summed E-state index contributed by atoms with van der Waals surface area (Å²) < 4.78 is 5.29. The van der Waals surface area contributed by atoms with E-state index >= 15 is 0 Å². The Hall–Kier alpha value is -3.00. The zero-order valence-corrected chi connectivity index (χ0v) is 20.9. The highest BCUT2D eigenvalue weighted by atomic mass is 16.5. The number of ether oxygens (including phenoxy) is 1. The molecule has 0 N–H and O–H groups in total. The van der Waals surface area contributed by atoms with Crippen LogP contribution in [-0.4, -0.2) is 83.4 Å². The number of hydrogen-bond acceptors (Lipinski definition) is 6. The van der Waals surface area contributed by atoms with Crippen LogP contribution in [0.1, 0.15) is 60.3 Å². The number of piperazine rings is 1. The molecule has 0 bridgehead atoms. The molecule has 2 aliphatic heterocycles. The third-order valence-electron chi connectivity index (χ3n) is 7.36. The van der Waals surface area contributed by atoms with Crippen molar-refractivity contribution in [3.63, 3.8) is 0 Å². The van der Waals surface area contributed by atoms with Crippen molar-refractivity contribution in [3.8, 4) is 5.75 Å². The second-order valence-corrected chi connectivity index (χ2v) is 9.81. The van der Waals surface area contributed by atoms with Crippen molar-refractivity contribution in [2.75, 3.05) is 46.9 Å². The Bertz CT molecular complexity index is 1050. The second kappa shape index (κ2) is 9.70. The number of likely N-dealkylation sites (N-methyl/N-ethyl adjacent to an activating group) is 1. The number of aryl methyl sites for hydroxylation is 1. The first-order valence-electron chi connectivity index (χ1n) is 12.0. The Morgan fingerprint density at radius 3 is 2.32 bits per heavy atom. The van der Waals surface area contributed by atoms with Gasteiger partial charge in [-0.25, -0.2) is 9.97 Å². The normalized spacial score (nSPS) is 20.8. The Morgan fingerprint density at radius 2 is 1.71 bits per heavy atom. The lowest BCUT2D eigenvalue weighted by Gasteiger charge is -2.40. The molecule has 0 unspecified atom stereocenters. The van der Waals surface area contributed by atoms with E-state index in [-0.39, 0.29) is 23.3 Å². The summed E-state index contributed by atoms with van der Waals surface area (Å²) in [4.78, 5) is 40.8. The smallest absolute Gasteiger partial charge is 0.272 e. The molecule has 182 valence electrons. The van der Waals surface area contributed by atoms with E-state index in [0.717, 1.165) is 36.4 Å². The monoisotopic (exact) mass is 465 g/mol. The van der Waals surface area contributed by atoms with Crippen LogP contribution in [0, 0.1) is 6.92 Å². The van der Waals surface area contributed by atoms with Gasteiger partial charge in [-0.3, -0.25) is 14.5 Å². The molecule has 2 aliphatic rings. The third kappa shape index (κ3) is 4.92. The van der Waals surface area contributed by atoms with Crippen molar-refractivity contribution >= 4 is 11.8 Å². The van der Waals surface area contributed by atoms with Gasteiger partial charge in [0.1, 0.15) is 17.3 Å². The summed E-state index contributed by atoms with van der Waals surface area (Å²) in [5.74, 6) is 1.58. The minimum Gasteiger partial charge on any atom is -0.497 e. The fraction of sp³-hybridized carbons (Fsp3) is 0.538.